The number of fused-ring (bicyclic) bond motifs is 5. The van der Waals surface area contributed by atoms with Crippen molar-refractivity contribution in [3.05, 3.63) is 48.0 Å². The van der Waals surface area contributed by atoms with Gasteiger partial charge in [0.2, 0.25) is 11.8 Å². The van der Waals surface area contributed by atoms with Crippen molar-refractivity contribution in [1.82, 2.24) is 15.5 Å². The summed E-state index contributed by atoms with van der Waals surface area (Å²) in [5.41, 5.74) is 1.30. The Morgan fingerprint density at radius 1 is 1.06 bits per heavy atom. The van der Waals surface area contributed by atoms with Gasteiger partial charge in [0.1, 0.15) is 0 Å². The van der Waals surface area contributed by atoms with Crippen LogP contribution >= 0.6 is 24.0 Å². The zero-order valence-electron chi connectivity index (χ0n) is 18.5. The smallest absolute Gasteiger partial charge is 0.233 e. The summed E-state index contributed by atoms with van der Waals surface area (Å²) in [6.45, 7) is 6.09. The van der Waals surface area contributed by atoms with E-state index in [1.165, 1.54) is 10.5 Å². The van der Waals surface area contributed by atoms with Crippen LogP contribution in [0.5, 0.6) is 0 Å². The summed E-state index contributed by atoms with van der Waals surface area (Å²) in [5, 5.41) is 6.67. The van der Waals surface area contributed by atoms with E-state index in [9.17, 15) is 9.59 Å². The molecule has 1 aromatic rings. The van der Waals surface area contributed by atoms with Crippen LogP contribution in [0, 0.1) is 29.6 Å². The first-order chi connectivity index (χ1) is 14.5. The predicted octanol–water partition coefficient (Wildman–Crippen LogP) is 3.02. The fraction of sp³-hybridized carbons (Fsp3) is 0.542. The molecule has 1 aromatic carbocycles. The van der Waals surface area contributed by atoms with E-state index in [4.69, 9.17) is 0 Å². The van der Waals surface area contributed by atoms with Gasteiger partial charge in [0.15, 0.2) is 5.96 Å². The van der Waals surface area contributed by atoms with Crippen LogP contribution in [-0.2, 0) is 9.59 Å². The van der Waals surface area contributed by atoms with Gasteiger partial charge in [0, 0.05) is 32.6 Å². The lowest BCUT2D eigenvalue weighted by atomic mass is 9.85. The molecule has 2 amide bonds. The molecular formula is C24H33IN4O2. The second-order valence-electron chi connectivity index (χ2n) is 8.97. The second-order valence-corrected chi connectivity index (χ2v) is 8.97. The lowest BCUT2D eigenvalue weighted by molar-refractivity contribution is -0.140. The normalized spacial score (nSPS) is 27.5. The molecule has 1 saturated carbocycles. The minimum Gasteiger partial charge on any atom is -0.356 e. The SMILES string of the molecule is CN=C(NCCN1C(=O)C2C3C=CC(C3)C2C1=O)NCC(c1ccccc1)C(C)C.I. The Labute approximate surface area is 202 Å². The number of likely N-dealkylation sites (tertiary alicyclic amines) is 1. The van der Waals surface area contributed by atoms with Gasteiger partial charge in [-0.05, 0) is 29.7 Å². The van der Waals surface area contributed by atoms with Gasteiger partial charge in [0.25, 0.3) is 0 Å². The molecule has 3 aliphatic rings. The number of rotatable bonds is 7. The summed E-state index contributed by atoms with van der Waals surface area (Å²) in [4.78, 5) is 31.3. The number of hydrogen-bond donors (Lipinski definition) is 2. The average molecular weight is 536 g/mol. The first-order valence-corrected chi connectivity index (χ1v) is 11.0. The molecule has 0 spiro atoms. The number of hydrogen-bond acceptors (Lipinski definition) is 3. The number of nitrogens with zero attached hydrogens (tertiary/aromatic N) is 2. The third-order valence-electron chi connectivity index (χ3n) is 6.93. The molecular weight excluding hydrogens is 503 g/mol. The molecule has 0 aromatic heterocycles. The topological polar surface area (TPSA) is 73.8 Å². The van der Waals surface area contributed by atoms with Crippen molar-refractivity contribution in [2.45, 2.75) is 26.2 Å². The molecule has 1 aliphatic heterocycles. The summed E-state index contributed by atoms with van der Waals surface area (Å²) in [7, 11) is 1.74. The molecule has 2 N–H and O–H groups in total. The lowest BCUT2D eigenvalue weighted by Gasteiger charge is -2.23. The highest BCUT2D eigenvalue weighted by Crippen LogP contribution is 2.52. The average Bonchev–Trinajstić information content (AvgIpc) is 3.42. The minimum atomic E-state index is -0.123. The third-order valence-corrected chi connectivity index (χ3v) is 6.93. The highest BCUT2D eigenvalue weighted by molar-refractivity contribution is 14.0. The molecule has 31 heavy (non-hydrogen) atoms. The van der Waals surface area contributed by atoms with E-state index in [-0.39, 0.29) is 59.5 Å². The molecule has 5 unspecified atom stereocenters. The number of imide groups is 1. The van der Waals surface area contributed by atoms with Crippen molar-refractivity contribution in [2.24, 2.45) is 34.6 Å². The Hall–Kier alpha value is -1.90. The molecule has 5 atom stereocenters. The zero-order valence-corrected chi connectivity index (χ0v) is 20.8. The maximum Gasteiger partial charge on any atom is 0.233 e. The van der Waals surface area contributed by atoms with Crippen molar-refractivity contribution in [2.75, 3.05) is 26.7 Å². The first kappa shape index (κ1) is 23.8. The maximum atomic E-state index is 12.8. The predicted molar refractivity (Wildman–Crippen MR) is 133 cm³/mol. The van der Waals surface area contributed by atoms with Gasteiger partial charge in [-0.2, -0.15) is 0 Å². The van der Waals surface area contributed by atoms with Crippen molar-refractivity contribution >= 4 is 41.8 Å². The number of allylic oxidation sites excluding steroid dienone is 2. The molecule has 2 bridgehead atoms. The maximum absolute atomic E-state index is 12.8. The molecule has 0 radical (unpaired) electrons. The van der Waals surface area contributed by atoms with Crippen LogP contribution in [-0.4, -0.2) is 49.4 Å². The third kappa shape index (κ3) is 4.66. The molecule has 1 saturated heterocycles. The van der Waals surface area contributed by atoms with Gasteiger partial charge in [-0.25, -0.2) is 0 Å². The highest BCUT2D eigenvalue weighted by atomic mass is 127. The lowest BCUT2D eigenvalue weighted by Crippen LogP contribution is -2.44. The molecule has 2 fully saturated rings. The van der Waals surface area contributed by atoms with E-state index in [0.29, 0.717) is 30.9 Å². The molecule has 2 aliphatic carbocycles. The first-order valence-electron chi connectivity index (χ1n) is 11.0. The van der Waals surface area contributed by atoms with Crippen LogP contribution in [0.15, 0.2) is 47.5 Å². The Kier molecular flexibility index (Phi) is 7.78. The van der Waals surface area contributed by atoms with E-state index in [1.54, 1.807) is 7.05 Å². The van der Waals surface area contributed by atoms with Crippen molar-refractivity contribution in [1.29, 1.82) is 0 Å². The Morgan fingerprint density at radius 3 is 2.23 bits per heavy atom. The number of amides is 2. The summed E-state index contributed by atoms with van der Waals surface area (Å²) in [5.74, 6) is 1.84. The number of halogens is 1. The number of guanidine groups is 1. The van der Waals surface area contributed by atoms with Crippen molar-refractivity contribution in [3.8, 4) is 0 Å². The Bertz CT molecular complexity index is 824. The van der Waals surface area contributed by atoms with Crippen molar-refractivity contribution in [3.63, 3.8) is 0 Å². The fourth-order valence-corrected chi connectivity index (χ4v) is 5.34. The van der Waals surface area contributed by atoms with Crippen molar-refractivity contribution < 1.29 is 9.59 Å². The molecule has 1 heterocycles. The van der Waals surface area contributed by atoms with Gasteiger partial charge in [-0.1, -0.05) is 56.3 Å². The van der Waals surface area contributed by atoms with Crippen LogP contribution in [0.3, 0.4) is 0 Å². The monoisotopic (exact) mass is 536 g/mol. The number of nitrogens with one attached hydrogen (secondary N) is 2. The van der Waals surface area contributed by atoms with Gasteiger partial charge in [-0.3, -0.25) is 19.5 Å². The minimum absolute atomic E-state index is 0. The molecule has 7 heteroatoms. The molecule has 6 nitrogen and oxygen atoms in total. The molecule has 168 valence electrons. The number of aliphatic imine (C=N–C) groups is 1. The van der Waals surface area contributed by atoms with E-state index >= 15 is 0 Å². The fourth-order valence-electron chi connectivity index (χ4n) is 5.34. The summed E-state index contributed by atoms with van der Waals surface area (Å²) >= 11 is 0. The zero-order chi connectivity index (χ0) is 21.3. The van der Waals surface area contributed by atoms with E-state index in [2.05, 4.69) is 65.9 Å². The van der Waals surface area contributed by atoms with E-state index in [0.717, 1.165) is 13.0 Å². The Morgan fingerprint density at radius 2 is 1.68 bits per heavy atom. The quantitative estimate of drug-likeness (QED) is 0.185. The van der Waals surface area contributed by atoms with Crippen LogP contribution in [0.4, 0.5) is 0 Å². The van der Waals surface area contributed by atoms with E-state index in [1.807, 2.05) is 6.07 Å². The van der Waals surface area contributed by atoms with Gasteiger partial charge < -0.3 is 10.6 Å². The largest absolute Gasteiger partial charge is 0.356 e. The highest BCUT2D eigenvalue weighted by Gasteiger charge is 2.58. The Balaban J connectivity index is 0.00000272. The molecule has 4 rings (SSSR count). The second kappa shape index (κ2) is 10.1. The number of carbonyl (C=O) groups excluding carboxylic acids is 2. The van der Waals surface area contributed by atoms with E-state index < -0.39 is 0 Å². The van der Waals surface area contributed by atoms with Crippen LogP contribution < -0.4 is 10.6 Å². The number of carbonyl (C=O) groups is 2. The van der Waals surface area contributed by atoms with Gasteiger partial charge in [-0.15, -0.1) is 24.0 Å². The summed E-state index contributed by atoms with van der Waals surface area (Å²) in [6, 6.07) is 10.5. The van der Waals surface area contributed by atoms with Crippen LogP contribution in [0.1, 0.15) is 31.7 Å². The standard InChI is InChI=1S/C24H32N4O2.HI/c1-15(2)19(16-7-5-4-6-8-16)14-27-24(25-3)26-11-12-28-22(29)20-17-9-10-18(13-17)21(20)23(28)30;/h4-10,15,17-21H,11-14H2,1-3H3,(H2,25,26,27);1H. The number of benzene rings is 1. The van der Waals surface area contributed by atoms with Gasteiger partial charge in [0.05, 0.1) is 11.8 Å². The summed E-state index contributed by atoms with van der Waals surface area (Å²) < 4.78 is 0. The van der Waals surface area contributed by atoms with Crippen LogP contribution in [0.25, 0.3) is 0 Å². The van der Waals surface area contributed by atoms with Crippen LogP contribution in [0.2, 0.25) is 0 Å². The summed E-state index contributed by atoms with van der Waals surface area (Å²) in [6.07, 6.45) is 5.22. The van der Waals surface area contributed by atoms with Gasteiger partial charge >= 0.3 is 0 Å².